The summed E-state index contributed by atoms with van der Waals surface area (Å²) in [5.74, 6) is -1.21. The highest BCUT2D eigenvalue weighted by Gasteiger charge is 2.44. The summed E-state index contributed by atoms with van der Waals surface area (Å²) in [5, 5.41) is 30.3. The van der Waals surface area contributed by atoms with Crippen molar-refractivity contribution >= 4 is 28.9 Å². The molecule has 0 saturated heterocycles. The molecule has 1 fully saturated rings. The van der Waals surface area contributed by atoms with Crippen LogP contribution in [0.15, 0.2) is 43.0 Å². The van der Waals surface area contributed by atoms with Gasteiger partial charge in [-0.15, -0.1) is 0 Å². The molecule has 0 aliphatic heterocycles. The Hall–Kier alpha value is -3.57. The third-order valence-corrected chi connectivity index (χ3v) is 6.28. The molecule has 11 nitrogen and oxygen atoms in total. The summed E-state index contributed by atoms with van der Waals surface area (Å²) >= 11 is 0. The molecule has 180 valence electrons. The molecule has 34 heavy (non-hydrogen) atoms. The number of amides is 1. The van der Waals surface area contributed by atoms with Crippen LogP contribution in [0.2, 0.25) is 0 Å². The molecule has 1 saturated carbocycles. The van der Waals surface area contributed by atoms with E-state index in [-0.39, 0.29) is 49.9 Å². The number of aliphatic hydroxyl groups excluding tert-OH is 2. The van der Waals surface area contributed by atoms with Gasteiger partial charge in [-0.1, -0.05) is 30.3 Å². The maximum absolute atomic E-state index is 13.1. The normalized spacial score (nSPS) is 22.2. The van der Waals surface area contributed by atoms with Crippen molar-refractivity contribution in [3.8, 4) is 0 Å². The molecule has 1 amide bonds. The van der Waals surface area contributed by atoms with Gasteiger partial charge in [0.15, 0.2) is 11.5 Å². The Balaban J connectivity index is 1.60. The van der Waals surface area contributed by atoms with Crippen molar-refractivity contribution in [2.45, 2.75) is 50.5 Å². The van der Waals surface area contributed by atoms with E-state index in [0.29, 0.717) is 17.7 Å². The smallest absolute Gasteiger partial charge is 0.303 e. The second-order valence-corrected chi connectivity index (χ2v) is 8.63. The van der Waals surface area contributed by atoms with Crippen LogP contribution in [0.4, 0.5) is 5.82 Å². The first-order valence-corrected chi connectivity index (χ1v) is 11.2. The number of hydrogen-bond acceptors (Lipinski definition) is 8. The van der Waals surface area contributed by atoms with E-state index in [1.54, 1.807) is 9.47 Å². The number of carbonyl (C=O) groups excluding carboxylic acids is 1. The number of nitrogen functional groups attached to an aromatic ring is 1. The maximum Gasteiger partial charge on any atom is 0.303 e. The largest absolute Gasteiger partial charge is 0.481 e. The number of hydrogen-bond donors (Lipinski definition) is 4. The fraction of sp³-hybridized carbons (Fsp3) is 0.435. The standard InChI is InChI=1S/C23H28N6O5/c24-22-19-23(26-12-25-22)29(13-27-19)20-15(9-16(30)21(20)34)11-28(10-14-5-2-1-3-6-14)17(31)7-4-8-18(32)33/h1-3,5-6,12-13,15-16,20-21,30,34H,4,7-11H2,(H,32,33)(H2,24,25,26)/t15-,16-,20-,21-/m0/s1. The lowest BCUT2D eigenvalue weighted by Crippen LogP contribution is -2.37. The number of anilines is 1. The summed E-state index contributed by atoms with van der Waals surface area (Å²) in [6.07, 6.45) is 1.30. The Kier molecular flexibility index (Phi) is 7.03. The molecule has 2 heterocycles. The maximum atomic E-state index is 13.1. The van der Waals surface area contributed by atoms with Gasteiger partial charge in [-0.25, -0.2) is 15.0 Å². The molecule has 4 rings (SSSR count). The molecule has 3 aromatic rings. The van der Waals surface area contributed by atoms with Gasteiger partial charge in [-0.2, -0.15) is 0 Å². The zero-order chi connectivity index (χ0) is 24.2. The first-order valence-electron chi connectivity index (χ1n) is 11.2. The number of imidazole rings is 1. The fourth-order valence-electron chi connectivity index (χ4n) is 4.65. The number of carbonyl (C=O) groups is 2. The van der Waals surface area contributed by atoms with E-state index in [9.17, 15) is 19.8 Å². The molecule has 0 spiro atoms. The highest BCUT2D eigenvalue weighted by molar-refractivity contribution is 5.81. The summed E-state index contributed by atoms with van der Waals surface area (Å²) in [7, 11) is 0. The summed E-state index contributed by atoms with van der Waals surface area (Å²) in [6.45, 7) is 0.599. The number of aliphatic hydroxyl groups is 2. The molecule has 0 radical (unpaired) electrons. The van der Waals surface area contributed by atoms with Crippen molar-refractivity contribution < 1.29 is 24.9 Å². The molecule has 11 heteroatoms. The Morgan fingerprint density at radius 2 is 1.88 bits per heavy atom. The van der Waals surface area contributed by atoms with Gasteiger partial charge >= 0.3 is 5.97 Å². The van der Waals surface area contributed by atoms with Crippen LogP contribution in [0.1, 0.15) is 37.3 Å². The summed E-state index contributed by atoms with van der Waals surface area (Å²) < 4.78 is 1.69. The third kappa shape index (κ3) is 5.00. The zero-order valence-corrected chi connectivity index (χ0v) is 18.6. The van der Waals surface area contributed by atoms with E-state index < -0.39 is 24.2 Å². The van der Waals surface area contributed by atoms with E-state index in [1.165, 1.54) is 12.7 Å². The van der Waals surface area contributed by atoms with E-state index in [4.69, 9.17) is 10.8 Å². The number of benzene rings is 1. The number of aliphatic carboxylic acids is 1. The van der Waals surface area contributed by atoms with Crippen LogP contribution in [-0.4, -0.2) is 70.4 Å². The number of nitrogens with zero attached hydrogens (tertiary/aromatic N) is 5. The number of carboxylic acid groups (broad SMARTS) is 1. The van der Waals surface area contributed by atoms with Gasteiger partial charge in [0.1, 0.15) is 17.9 Å². The Morgan fingerprint density at radius 1 is 1.12 bits per heavy atom. The van der Waals surface area contributed by atoms with Crippen LogP contribution in [0.3, 0.4) is 0 Å². The molecule has 0 bridgehead atoms. The van der Waals surface area contributed by atoms with Gasteiger partial charge in [0, 0.05) is 31.8 Å². The van der Waals surface area contributed by atoms with E-state index in [2.05, 4.69) is 15.0 Å². The lowest BCUT2D eigenvalue weighted by atomic mass is 10.0. The molecule has 4 atom stereocenters. The average Bonchev–Trinajstić information content (AvgIpc) is 3.35. The highest BCUT2D eigenvalue weighted by Crippen LogP contribution is 2.39. The molecule has 2 aromatic heterocycles. The van der Waals surface area contributed by atoms with Crippen LogP contribution < -0.4 is 5.73 Å². The first-order chi connectivity index (χ1) is 16.3. The average molecular weight is 469 g/mol. The van der Waals surface area contributed by atoms with E-state index in [0.717, 1.165) is 5.56 Å². The van der Waals surface area contributed by atoms with Gasteiger partial charge in [0.05, 0.1) is 18.5 Å². The number of rotatable bonds is 9. The molecule has 5 N–H and O–H groups in total. The topological polar surface area (TPSA) is 168 Å². The lowest BCUT2D eigenvalue weighted by molar-refractivity contribution is -0.137. The molecular weight excluding hydrogens is 440 g/mol. The van der Waals surface area contributed by atoms with Crippen molar-refractivity contribution in [1.82, 2.24) is 24.4 Å². The van der Waals surface area contributed by atoms with Crippen molar-refractivity contribution in [1.29, 1.82) is 0 Å². The van der Waals surface area contributed by atoms with E-state index in [1.807, 2.05) is 30.3 Å². The Labute approximate surface area is 195 Å². The SMILES string of the molecule is Nc1ncnc2c1ncn2[C@H]1[C@H](CN(Cc2ccccc2)C(=O)CCCC(=O)O)C[C@H](O)[C@@H]1O. The third-order valence-electron chi connectivity index (χ3n) is 6.28. The van der Waals surface area contributed by atoms with Crippen molar-refractivity contribution in [2.75, 3.05) is 12.3 Å². The van der Waals surface area contributed by atoms with Gasteiger partial charge in [-0.3, -0.25) is 9.59 Å². The molecule has 0 unspecified atom stereocenters. The van der Waals surface area contributed by atoms with Crippen LogP contribution in [-0.2, 0) is 16.1 Å². The summed E-state index contributed by atoms with van der Waals surface area (Å²) in [5.41, 5.74) is 7.68. The number of fused-ring (bicyclic) bond motifs is 1. The van der Waals surface area contributed by atoms with Crippen molar-refractivity contribution in [3.05, 3.63) is 48.5 Å². The summed E-state index contributed by atoms with van der Waals surface area (Å²) in [4.78, 5) is 38.1. The quantitative estimate of drug-likeness (QED) is 0.358. The minimum atomic E-state index is -1.08. The van der Waals surface area contributed by atoms with Crippen LogP contribution in [0, 0.1) is 5.92 Å². The van der Waals surface area contributed by atoms with Gasteiger partial charge < -0.3 is 30.5 Å². The molecule has 1 aromatic carbocycles. The number of nitrogens with two attached hydrogens (primary N) is 1. The van der Waals surface area contributed by atoms with Crippen LogP contribution in [0.5, 0.6) is 0 Å². The van der Waals surface area contributed by atoms with Gasteiger partial charge in [-0.05, 0) is 18.4 Å². The van der Waals surface area contributed by atoms with Crippen molar-refractivity contribution in [2.24, 2.45) is 5.92 Å². The minimum absolute atomic E-state index is 0.0868. The monoisotopic (exact) mass is 468 g/mol. The number of carboxylic acids is 1. The number of aromatic nitrogens is 4. The molecule has 1 aliphatic rings. The second-order valence-electron chi connectivity index (χ2n) is 8.63. The predicted octanol–water partition coefficient (Wildman–Crippen LogP) is 0.975. The fourth-order valence-corrected chi connectivity index (χ4v) is 4.65. The van der Waals surface area contributed by atoms with Gasteiger partial charge in [0.2, 0.25) is 5.91 Å². The molecule has 1 aliphatic carbocycles. The Bertz CT molecular complexity index is 1150. The predicted molar refractivity (Wildman–Crippen MR) is 122 cm³/mol. The first kappa shape index (κ1) is 23.6. The van der Waals surface area contributed by atoms with Crippen LogP contribution >= 0.6 is 0 Å². The summed E-state index contributed by atoms with van der Waals surface area (Å²) in [6, 6.07) is 8.90. The molecular formula is C23H28N6O5. The minimum Gasteiger partial charge on any atom is -0.481 e. The van der Waals surface area contributed by atoms with Crippen LogP contribution in [0.25, 0.3) is 11.2 Å². The highest BCUT2D eigenvalue weighted by atomic mass is 16.4. The Morgan fingerprint density at radius 3 is 2.62 bits per heavy atom. The van der Waals surface area contributed by atoms with Gasteiger partial charge in [0.25, 0.3) is 0 Å². The van der Waals surface area contributed by atoms with Crippen molar-refractivity contribution in [3.63, 3.8) is 0 Å². The second kappa shape index (κ2) is 10.1. The zero-order valence-electron chi connectivity index (χ0n) is 18.6. The lowest BCUT2D eigenvalue weighted by Gasteiger charge is -2.30. The van der Waals surface area contributed by atoms with E-state index >= 15 is 0 Å².